The van der Waals surface area contributed by atoms with Gasteiger partial charge in [0.15, 0.2) is 0 Å². The fourth-order valence-corrected chi connectivity index (χ4v) is 2.04. The van der Waals surface area contributed by atoms with Gasteiger partial charge in [-0.2, -0.15) is 0 Å². The van der Waals surface area contributed by atoms with Gasteiger partial charge in [-0.1, -0.05) is 30.3 Å². The van der Waals surface area contributed by atoms with E-state index >= 15 is 0 Å². The van der Waals surface area contributed by atoms with Crippen molar-refractivity contribution >= 4 is 5.91 Å². The second-order valence-corrected chi connectivity index (χ2v) is 4.74. The molecule has 1 amide bonds. The lowest BCUT2D eigenvalue weighted by atomic mass is 10.1. The maximum absolute atomic E-state index is 12.1. The quantitative estimate of drug-likeness (QED) is 0.669. The van der Waals surface area contributed by atoms with E-state index in [0.717, 1.165) is 11.6 Å². The predicted molar refractivity (Wildman–Crippen MR) is 78.3 cm³/mol. The molecule has 5 nitrogen and oxygen atoms in total. The molecule has 0 saturated carbocycles. The highest BCUT2D eigenvalue weighted by Crippen LogP contribution is 2.22. The third-order valence-electron chi connectivity index (χ3n) is 3.11. The maximum atomic E-state index is 12.1. The minimum Gasteiger partial charge on any atom is -0.508 e. The van der Waals surface area contributed by atoms with E-state index in [-0.39, 0.29) is 23.7 Å². The van der Waals surface area contributed by atoms with Gasteiger partial charge in [-0.15, -0.1) is 0 Å². The Morgan fingerprint density at radius 2 is 1.81 bits per heavy atom. The predicted octanol–water partition coefficient (Wildman–Crippen LogP) is 1.43. The molecular formula is C16H17NO4. The van der Waals surface area contributed by atoms with Gasteiger partial charge in [0, 0.05) is 6.07 Å². The van der Waals surface area contributed by atoms with Crippen molar-refractivity contribution in [1.82, 2.24) is 5.32 Å². The number of carbonyl (C=O) groups is 1. The SMILES string of the molecule is O=C(NC(CO)Cc1ccccc1)c1ccc(O)cc1O. The summed E-state index contributed by atoms with van der Waals surface area (Å²) < 4.78 is 0. The van der Waals surface area contributed by atoms with Crippen molar-refractivity contribution in [3.8, 4) is 11.5 Å². The topological polar surface area (TPSA) is 89.8 Å². The molecule has 2 aromatic carbocycles. The second-order valence-electron chi connectivity index (χ2n) is 4.74. The van der Waals surface area contributed by atoms with Gasteiger partial charge in [0.05, 0.1) is 18.2 Å². The van der Waals surface area contributed by atoms with E-state index in [4.69, 9.17) is 0 Å². The minimum absolute atomic E-state index is 0.0549. The zero-order valence-corrected chi connectivity index (χ0v) is 11.4. The Bertz CT molecular complexity index is 613. The Hall–Kier alpha value is -2.53. The van der Waals surface area contributed by atoms with Crippen molar-refractivity contribution < 1.29 is 20.1 Å². The Labute approximate surface area is 122 Å². The van der Waals surface area contributed by atoms with Crippen LogP contribution in [0.1, 0.15) is 15.9 Å². The minimum atomic E-state index is -0.498. The van der Waals surface area contributed by atoms with Gasteiger partial charge >= 0.3 is 0 Å². The number of aliphatic hydroxyl groups excluding tert-OH is 1. The lowest BCUT2D eigenvalue weighted by molar-refractivity contribution is 0.0914. The summed E-state index contributed by atoms with van der Waals surface area (Å²) in [4.78, 5) is 12.1. The highest BCUT2D eigenvalue weighted by Gasteiger charge is 2.16. The van der Waals surface area contributed by atoms with Gasteiger partial charge in [-0.25, -0.2) is 0 Å². The van der Waals surface area contributed by atoms with Crippen LogP contribution in [-0.4, -0.2) is 33.9 Å². The molecule has 1 atom stereocenters. The third kappa shape index (κ3) is 3.97. The van der Waals surface area contributed by atoms with Gasteiger partial charge in [0.2, 0.25) is 0 Å². The van der Waals surface area contributed by atoms with Crippen LogP contribution in [0.3, 0.4) is 0 Å². The summed E-state index contributed by atoms with van der Waals surface area (Å²) in [5, 5.41) is 30.9. The van der Waals surface area contributed by atoms with Gasteiger partial charge in [-0.05, 0) is 24.1 Å². The molecule has 0 bridgehead atoms. The van der Waals surface area contributed by atoms with Crippen molar-refractivity contribution in [2.45, 2.75) is 12.5 Å². The normalized spacial score (nSPS) is 11.9. The number of aromatic hydroxyl groups is 2. The van der Waals surface area contributed by atoms with Crippen molar-refractivity contribution in [2.24, 2.45) is 0 Å². The Morgan fingerprint density at radius 3 is 2.43 bits per heavy atom. The van der Waals surface area contributed by atoms with Crippen LogP contribution in [0.25, 0.3) is 0 Å². The molecule has 1 unspecified atom stereocenters. The molecule has 0 saturated heterocycles. The van der Waals surface area contributed by atoms with E-state index in [1.807, 2.05) is 30.3 Å². The first-order chi connectivity index (χ1) is 10.1. The van der Waals surface area contributed by atoms with Crippen LogP contribution in [0.5, 0.6) is 11.5 Å². The van der Waals surface area contributed by atoms with Crippen molar-refractivity contribution in [3.05, 3.63) is 59.7 Å². The van der Waals surface area contributed by atoms with Crippen LogP contribution in [0.4, 0.5) is 0 Å². The monoisotopic (exact) mass is 287 g/mol. The number of benzene rings is 2. The largest absolute Gasteiger partial charge is 0.508 e. The number of phenols is 2. The number of hydrogen-bond acceptors (Lipinski definition) is 4. The fourth-order valence-electron chi connectivity index (χ4n) is 2.04. The van der Waals surface area contributed by atoms with Gasteiger partial charge in [0.25, 0.3) is 5.91 Å². The number of carbonyl (C=O) groups excluding carboxylic acids is 1. The molecule has 2 rings (SSSR count). The zero-order valence-electron chi connectivity index (χ0n) is 11.4. The van der Waals surface area contributed by atoms with Gasteiger partial charge in [-0.3, -0.25) is 4.79 Å². The molecule has 21 heavy (non-hydrogen) atoms. The first-order valence-electron chi connectivity index (χ1n) is 6.58. The van der Waals surface area contributed by atoms with E-state index in [2.05, 4.69) is 5.32 Å². The Morgan fingerprint density at radius 1 is 1.10 bits per heavy atom. The number of amides is 1. The fraction of sp³-hybridized carbons (Fsp3) is 0.188. The smallest absolute Gasteiger partial charge is 0.255 e. The highest BCUT2D eigenvalue weighted by atomic mass is 16.3. The Balaban J connectivity index is 2.06. The molecule has 110 valence electrons. The molecule has 5 heteroatoms. The van der Waals surface area contributed by atoms with Crippen LogP contribution >= 0.6 is 0 Å². The summed E-state index contributed by atoms with van der Waals surface area (Å²) in [5.74, 6) is -0.918. The van der Waals surface area contributed by atoms with E-state index in [1.54, 1.807) is 0 Å². The van der Waals surface area contributed by atoms with Crippen LogP contribution < -0.4 is 5.32 Å². The molecule has 2 aromatic rings. The van der Waals surface area contributed by atoms with Crippen molar-refractivity contribution in [3.63, 3.8) is 0 Å². The third-order valence-corrected chi connectivity index (χ3v) is 3.11. The summed E-state index contributed by atoms with van der Waals surface area (Å²) in [5.41, 5.74) is 1.05. The molecule has 0 aliphatic carbocycles. The standard InChI is InChI=1S/C16H17NO4/c18-10-12(8-11-4-2-1-3-5-11)17-16(21)14-7-6-13(19)9-15(14)20/h1-7,9,12,18-20H,8,10H2,(H,17,21). The lowest BCUT2D eigenvalue weighted by Gasteiger charge is -2.17. The first-order valence-corrected chi connectivity index (χ1v) is 6.58. The van der Waals surface area contributed by atoms with Gasteiger partial charge < -0.3 is 20.6 Å². The van der Waals surface area contributed by atoms with Crippen LogP contribution in [0, 0.1) is 0 Å². The zero-order chi connectivity index (χ0) is 15.2. The maximum Gasteiger partial charge on any atom is 0.255 e. The average molecular weight is 287 g/mol. The molecular weight excluding hydrogens is 270 g/mol. The lowest BCUT2D eigenvalue weighted by Crippen LogP contribution is -2.39. The number of hydrogen-bond donors (Lipinski definition) is 4. The number of rotatable bonds is 5. The molecule has 0 spiro atoms. The molecule has 0 aromatic heterocycles. The summed E-state index contributed by atoms with van der Waals surface area (Å²) >= 11 is 0. The van der Waals surface area contributed by atoms with Crippen molar-refractivity contribution in [1.29, 1.82) is 0 Å². The number of phenolic OH excluding ortho intramolecular Hbond substituents is 2. The van der Waals surface area contributed by atoms with Crippen molar-refractivity contribution in [2.75, 3.05) is 6.61 Å². The Kier molecular flexibility index (Phi) is 4.79. The molecule has 0 aliphatic heterocycles. The second kappa shape index (κ2) is 6.76. The molecule has 0 radical (unpaired) electrons. The molecule has 0 aliphatic rings. The van der Waals surface area contributed by atoms with E-state index in [9.17, 15) is 20.1 Å². The molecule has 0 heterocycles. The van der Waals surface area contributed by atoms with Crippen LogP contribution in [0.15, 0.2) is 48.5 Å². The van der Waals surface area contributed by atoms with Crippen LogP contribution in [-0.2, 0) is 6.42 Å². The first kappa shape index (κ1) is 14.9. The number of nitrogens with one attached hydrogen (secondary N) is 1. The molecule has 0 fully saturated rings. The summed E-state index contributed by atoms with van der Waals surface area (Å²) in [6, 6.07) is 12.8. The molecule has 4 N–H and O–H groups in total. The highest BCUT2D eigenvalue weighted by molar-refractivity contribution is 5.97. The van der Waals surface area contributed by atoms with E-state index in [0.29, 0.717) is 6.42 Å². The summed E-state index contributed by atoms with van der Waals surface area (Å²) in [6.45, 7) is -0.209. The number of aliphatic hydroxyl groups is 1. The van der Waals surface area contributed by atoms with Crippen LogP contribution in [0.2, 0.25) is 0 Å². The summed E-state index contributed by atoms with van der Waals surface area (Å²) in [6.07, 6.45) is 0.488. The van der Waals surface area contributed by atoms with E-state index in [1.165, 1.54) is 12.1 Å². The van der Waals surface area contributed by atoms with Gasteiger partial charge in [0.1, 0.15) is 11.5 Å². The van der Waals surface area contributed by atoms with E-state index < -0.39 is 11.9 Å². The summed E-state index contributed by atoms with van der Waals surface area (Å²) in [7, 11) is 0. The average Bonchev–Trinajstić information content (AvgIpc) is 2.47.